The van der Waals surface area contributed by atoms with E-state index in [4.69, 9.17) is 5.11 Å². The van der Waals surface area contributed by atoms with Gasteiger partial charge in [0.1, 0.15) is 12.2 Å². The number of Topliss-reactive ketones (excluding diaryl/α,β-unsaturated/α-hetero) is 1. The van der Waals surface area contributed by atoms with Crippen molar-refractivity contribution in [2.45, 2.75) is 12.8 Å². The Balaban J connectivity index is 2.78. The highest BCUT2D eigenvalue weighted by atomic mass is 79.9. The predicted molar refractivity (Wildman–Crippen MR) is 56.3 cm³/mol. The second-order valence-electron chi connectivity index (χ2n) is 2.97. The molecule has 2 N–H and O–H groups in total. The second kappa shape index (κ2) is 5.02. The fourth-order valence-electron chi connectivity index (χ4n) is 1.08. The molecule has 0 unspecified atom stereocenters. The molecule has 0 heterocycles. The Bertz CT molecular complexity index is 404. The molecule has 0 aromatic heterocycles. The molecule has 0 amide bonds. The van der Waals surface area contributed by atoms with Crippen molar-refractivity contribution in [3.8, 4) is 0 Å². The molecule has 0 atom stereocenters. The number of hydrogen-bond donors (Lipinski definition) is 0. The van der Waals surface area contributed by atoms with Gasteiger partial charge in [0, 0.05) is 21.3 Å². The molecule has 0 aliphatic heterocycles. The number of benzene rings is 1. The minimum absolute atomic E-state index is 0.0213. The molecule has 1 rings (SSSR count). The van der Waals surface area contributed by atoms with Gasteiger partial charge in [-0.05, 0) is 34.1 Å². The van der Waals surface area contributed by atoms with Crippen molar-refractivity contribution < 1.29 is 19.1 Å². The lowest BCUT2D eigenvalue weighted by molar-refractivity contribution is -0.136. The number of halogens is 2. The Hall–Kier alpha value is -1.23. The summed E-state index contributed by atoms with van der Waals surface area (Å²) in [6.07, 6.45) is -0.130. The van der Waals surface area contributed by atoms with Crippen molar-refractivity contribution in [3.63, 3.8) is 0 Å². The zero-order valence-electron chi connectivity index (χ0n) is 7.72. The Kier molecular flexibility index (Phi) is 3.96. The fraction of sp³-hybridized carbons (Fsp3) is 0.200. The van der Waals surface area contributed by atoms with Gasteiger partial charge < -0.3 is 5.11 Å². The van der Waals surface area contributed by atoms with Crippen LogP contribution < -0.4 is 0 Å². The first-order chi connectivity index (χ1) is 7.00. The average Bonchev–Trinajstić information content (AvgIpc) is 2.14. The number of ketones is 1. The van der Waals surface area contributed by atoms with Gasteiger partial charge in [-0.2, -0.15) is 0 Å². The molecule has 0 saturated heterocycles. The Morgan fingerprint density at radius 1 is 1.33 bits per heavy atom. The molecule has 0 spiro atoms. The Morgan fingerprint density at radius 3 is 2.53 bits per heavy atom. The summed E-state index contributed by atoms with van der Waals surface area (Å²) in [6, 6.07) is 3.73. The summed E-state index contributed by atoms with van der Waals surface area (Å²) in [7, 11) is 0. The maximum absolute atomic E-state index is 12.7. The molecule has 1 aromatic rings. The van der Waals surface area contributed by atoms with Gasteiger partial charge in [-0.3, -0.25) is 4.79 Å². The summed E-state index contributed by atoms with van der Waals surface area (Å²) >= 11 is 3.06. The van der Waals surface area contributed by atoms with Crippen LogP contribution in [0.4, 0.5) is 4.39 Å². The van der Waals surface area contributed by atoms with Gasteiger partial charge >= 0.3 is 5.97 Å². The van der Waals surface area contributed by atoms with Gasteiger partial charge in [0.05, 0.1) is 0 Å². The van der Waals surface area contributed by atoms with Crippen molar-refractivity contribution in [3.05, 3.63) is 34.1 Å². The van der Waals surface area contributed by atoms with Crippen molar-refractivity contribution >= 4 is 27.7 Å². The highest BCUT2D eigenvalue weighted by Gasteiger charge is 2.14. The second-order valence-corrected chi connectivity index (χ2v) is 3.82. The van der Waals surface area contributed by atoms with Gasteiger partial charge in [0.2, 0.25) is 0 Å². The molecule has 0 bridgehead atoms. The topological polar surface area (TPSA) is 57.0 Å². The highest BCUT2D eigenvalue weighted by Crippen LogP contribution is 2.19. The summed E-state index contributed by atoms with van der Waals surface area (Å²) in [5, 5.41) is 6.66. The van der Waals surface area contributed by atoms with Crippen molar-refractivity contribution in [2.24, 2.45) is 0 Å². The molecule has 0 saturated carbocycles. The largest absolute Gasteiger partial charge is 0.565 e. The minimum Gasteiger partial charge on any atom is -0.565 e. The first-order valence-corrected chi connectivity index (χ1v) is 5.02. The predicted octanol–water partition coefficient (Wildman–Crippen LogP) is 1.80. The van der Waals surface area contributed by atoms with Crippen LogP contribution in [0.1, 0.15) is 23.2 Å². The lowest BCUT2D eigenvalue weighted by Gasteiger charge is -2.01. The lowest BCUT2D eigenvalue weighted by Crippen LogP contribution is -2.04. The number of hydrogen-bond acceptors (Lipinski definition) is 2. The molecular formula is C10H9BrFO3+. The van der Waals surface area contributed by atoms with E-state index < -0.39 is 11.8 Å². The zero-order valence-corrected chi connectivity index (χ0v) is 9.30. The van der Waals surface area contributed by atoms with Crippen LogP contribution in [0, 0.1) is 5.82 Å². The molecule has 3 nitrogen and oxygen atoms in total. The van der Waals surface area contributed by atoms with Gasteiger partial charge in [-0.25, -0.2) is 4.39 Å². The molecule has 0 aliphatic rings. The number of carbonyl (C=O) groups excluding carboxylic acids is 2. The van der Waals surface area contributed by atoms with Crippen LogP contribution in [0.2, 0.25) is 0 Å². The van der Waals surface area contributed by atoms with Crippen molar-refractivity contribution in [1.82, 2.24) is 0 Å². The molecule has 0 fully saturated rings. The summed E-state index contributed by atoms with van der Waals surface area (Å²) in [5.41, 5.74) is 0.331. The average molecular weight is 276 g/mol. The number of carbonyl (C=O) groups is 2. The number of rotatable bonds is 4. The van der Waals surface area contributed by atoms with E-state index in [0.29, 0.717) is 10.0 Å². The third kappa shape index (κ3) is 3.43. The molecule has 0 aliphatic carbocycles. The van der Waals surface area contributed by atoms with Gasteiger partial charge in [-0.15, -0.1) is 0 Å². The maximum Gasteiger partial charge on any atom is 0.516 e. The summed E-state index contributed by atoms with van der Waals surface area (Å²) < 4.78 is 13.1. The summed E-state index contributed by atoms with van der Waals surface area (Å²) in [5.74, 6) is -1.49. The first-order valence-electron chi connectivity index (χ1n) is 4.23. The van der Waals surface area contributed by atoms with Crippen LogP contribution in [0.5, 0.6) is 0 Å². The fourth-order valence-corrected chi connectivity index (χ4v) is 1.65. The van der Waals surface area contributed by atoms with Crippen LogP contribution >= 0.6 is 15.9 Å². The van der Waals surface area contributed by atoms with E-state index in [1.165, 1.54) is 18.2 Å². The van der Waals surface area contributed by atoms with E-state index in [2.05, 4.69) is 15.9 Å². The van der Waals surface area contributed by atoms with Gasteiger partial charge in [-0.1, -0.05) is 0 Å². The summed E-state index contributed by atoms with van der Waals surface area (Å²) in [4.78, 5) is 21.9. The van der Waals surface area contributed by atoms with Crippen LogP contribution in [0.3, 0.4) is 0 Å². The Labute approximate surface area is 94.0 Å². The molecule has 15 heavy (non-hydrogen) atoms. The smallest absolute Gasteiger partial charge is 0.516 e. The van der Waals surface area contributed by atoms with E-state index in [0.717, 1.165) is 0 Å². The van der Waals surface area contributed by atoms with Crippen LogP contribution in [-0.2, 0) is 4.79 Å². The van der Waals surface area contributed by atoms with Gasteiger partial charge in [0.15, 0.2) is 5.78 Å². The van der Waals surface area contributed by atoms with E-state index in [-0.39, 0.29) is 18.6 Å². The van der Waals surface area contributed by atoms with E-state index in [9.17, 15) is 14.0 Å². The Morgan fingerprint density at radius 2 is 2.00 bits per heavy atom. The molecule has 80 valence electrons. The molecular weight excluding hydrogens is 267 g/mol. The standard InChI is InChI=1S/C10H8BrFO3/c11-8-5-6(12)1-2-7(8)9(13)3-4-10(14)15/h1-2,5H,3-4H2,(H,14,15)/p+1. The normalized spacial score (nSPS) is 10.0. The maximum atomic E-state index is 12.7. The lowest BCUT2D eigenvalue weighted by atomic mass is 10.1. The third-order valence-corrected chi connectivity index (χ3v) is 2.47. The summed E-state index contributed by atoms with van der Waals surface area (Å²) in [6.45, 7) is 0. The van der Waals surface area contributed by atoms with E-state index in [1.54, 1.807) is 0 Å². The monoisotopic (exact) mass is 275 g/mol. The van der Waals surface area contributed by atoms with Crippen LogP contribution in [0.15, 0.2) is 22.7 Å². The van der Waals surface area contributed by atoms with E-state index in [1.807, 2.05) is 0 Å². The van der Waals surface area contributed by atoms with Crippen LogP contribution in [-0.4, -0.2) is 16.9 Å². The third-order valence-electron chi connectivity index (χ3n) is 1.81. The van der Waals surface area contributed by atoms with E-state index >= 15 is 0 Å². The quantitative estimate of drug-likeness (QED) is 0.622. The zero-order chi connectivity index (χ0) is 11.4. The molecule has 0 radical (unpaired) electrons. The minimum atomic E-state index is -0.776. The highest BCUT2D eigenvalue weighted by molar-refractivity contribution is 9.10. The SMILES string of the molecule is O=C([OH2+])CCC(=O)c1ccc(F)cc1Br. The van der Waals surface area contributed by atoms with Gasteiger partial charge in [0.25, 0.3) is 0 Å². The molecule has 1 aromatic carbocycles. The first kappa shape index (κ1) is 11.8. The van der Waals surface area contributed by atoms with Crippen molar-refractivity contribution in [2.75, 3.05) is 0 Å². The molecule has 5 heteroatoms. The van der Waals surface area contributed by atoms with Crippen molar-refractivity contribution in [1.29, 1.82) is 0 Å². The van der Waals surface area contributed by atoms with Crippen LogP contribution in [0.25, 0.3) is 0 Å².